The molecule has 0 aliphatic carbocycles. The van der Waals surface area contributed by atoms with Gasteiger partial charge in [0.2, 0.25) is 0 Å². The molecular formula is C23H42O4. The zero-order valence-electron chi connectivity index (χ0n) is 18.2. The van der Waals surface area contributed by atoms with E-state index in [0.717, 1.165) is 44.9 Å². The van der Waals surface area contributed by atoms with E-state index < -0.39 is 0 Å². The van der Waals surface area contributed by atoms with Crippen LogP contribution in [0.5, 0.6) is 0 Å². The Morgan fingerprint density at radius 3 is 1.44 bits per heavy atom. The van der Waals surface area contributed by atoms with E-state index in [0.29, 0.717) is 37.2 Å². The topological polar surface area (TPSA) is 52.6 Å². The van der Waals surface area contributed by atoms with Crippen LogP contribution in [0.4, 0.5) is 0 Å². The Kier molecular flexibility index (Phi) is 17.2. The van der Waals surface area contributed by atoms with Crippen LogP contribution in [0.1, 0.15) is 111 Å². The van der Waals surface area contributed by atoms with Gasteiger partial charge in [0, 0.05) is 11.1 Å². The molecule has 0 saturated heterocycles. The fraction of sp³-hybridized carbons (Fsp3) is 0.826. The van der Waals surface area contributed by atoms with Gasteiger partial charge in [-0.1, -0.05) is 79.1 Å². The lowest BCUT2D eigenvalue weighted by atomic mass is 9.97. The summed E-state index contributed by atoms with van der Waals surface area (Å²) in [6.07, 6.45) is 12.5. The highest BCUT2D eigenvalue weighted by molar-refractivity contribution is 6.00. The fourth-order valence-corrected chi connectivity index (χ4v) is 2.88. The molecule has 0 unspecified atom stereocenters. The Balaban J connectivity index is 5.08. The average Bonchev–Trinajstić information content (AvgIpc) is 2.66. The number of ether oxygens (including phenoxy) is 2. The van der Waals surface area contributed by atoms with E-state index in [1.54, 1.807) is 0 Å². The van der Waals surface area contributed by atoms with Crippen LogP contribution >= 0.6 is 0 Å². The van der Waals surface area contributed by atoms with Gasteiger partial charge in [0.05, 0.1) is 13.2 Å². The number of esters is 2. The molecule has 0 bridgehead atoms. The van der Waals surface area contributed by atoms with Gasteiger partial charge in [-0.15, -0.1) is 0 Å². The van der Waals surface area contributed by atoms with E-state index in [9.17, 15) is 9.59 Å². The van der Waals surface area contributed by atoms with Gasteiger partial charge in [-0.3, -0.25) is 0 Å². The molecule has 0 aliphatic rings. The van der Waals surface area contributed by atoms with Crippen LogP contribution in [0.25, 0.3) is 0 Å². The van der Waals surface area contributed by atoms with Crippen molar-refractivity contribution in [3.8, 4) is 0 Å². The second kappa shape index (κ2) is 18.1. The minimum Gasteiger partial charge on any atom is -0.462 e. The monoisotopic (exact) mass is 382 g/mol. The molecule has 4 heteroatoms. The molecule has 0 radical (unpaired) electrons. The van der Waals surface area contributed by atoms with Gasteiger partial charge in [0.15, 0.2) is 0 Å². The summed E-state index contributed by atoms with van der Waals surface area (Å²) in [5.41, 5.74) is 1.08. The highest BCUT2D eigenvalue weighted by Gasteiger charge is 2.22. The van der Waals surface area contributed by atoms with Crippen molar-refractivity contribution in [1.82, 2.24) is 0 Å². The predicted octanol–water partition coefficient (Wildman–Crippen LogP) is 6.52. The Morgan fingerprint density at radius 2 is 0.963 bits per heavy atom. The van der Waals surface area contributed by atoms with E-state index in [-0.39, 0.29) is 11.9 Å². The normalized spacial score (nSPS) is 11.9. The van der Waals surface area contributed by atoms with Crippen molar-refractivity contribution in [3.05, 3.63) is 11.1 Å². The summed E-state index contributed by atoms with van der Waals surface area (Å²) in [6.45, 7) is 9.18. The summed E-state index contributed by atoms with van der Waals surface area (Å²) < 4.78 is 10.8. The molecule has 0 atom stereocenters. The Bertz CT molecular complexity index is 426. The number of unbranched alkanes of at least 4 members (excludes halogenated alkanes) is 7. The summed E-state index contributed by atoms with van der Waals surface area (Å²) in [4.78, 5) is 25.2. The van der Waals surface area contributed by atoms with E-state index in [4.69, 9.17) is 9.47 Å². The van der Waals surface area contributed by atoms with Gasteiger partial charge in [-0.2, -0.15) is 0 Å². The van der Waals surface area contributed by atoms with Crippen molar-refractivity contribution in [1.29, 1.82) is 0 Å². The Labute approximate surface area is 167 Å². The molecule has 0 aromatic rings. The zero-order valence-corrected chi connectivity index (χ0v) is 18.2. The maximum absolute atomic E-state index is 12.6. The molecule has 0 saturated carbocycles. The van der Waals surface area contributed by atoms with Crippen molar-refractivity contribution in [3.63, 3.8) is 0 Å². The number of hydrogen-bond acceptors (Lipinski definition) is 4. The third-order valence-corrected chi connectivity index (χ3v) is 4.60. The van der Waals surface area contributed by atoms with E-state index in [1.165, 1.54) is 25.7 Å². The molecule has 0 aliphatic heterocycles. The van der Waals surface area contributed by atoms with Gasteiger partial charge >= 0.3 is 11.9 Å². The van der Waals surface area contributed by atoms with Crippen molar-refractivity contribution in [2.24, 2.45) is 0 Å². The number of hydrogen-bond donors (Lipinski definition) is 0. The van der Waals surface area contributed by atoms with Crippen LogP contribution in [0.15, 0.2) is 11.1 Å². The molecule has 0 amide bonds. The lowest BCUT2D eigenvalue weighted by Gasteiger charge is -2.14. The Hall–Kier alpha value is -1.32. The first kappa shape index (κ1) is 25.7. The summed E-state index contributed by atoms with van der Waals surface area (Å²) in [5, 5.41) is 0. The van der Waals surface area contributed by atoms with Crippen molar-refractivity contribution >= 4 is 11.9 Å². The van der Waals surface area contributed by atoms with E-state index in [2.05, 4.69) is 20.8 Å². The van der Waals surface area contributed by atoms with Gasteiger partial charge in [0.1, 0.15) is 0 Å². The summed E-state index contributed by atoms with van der Waals surface area (Å²) >= 11 is 0. The predicted molar refractivity (Wildman–Crippen MR) is 112 cm³/mol. The van der Waals surface area contributed by atoms with Crippen LogP contribution in [-0.2, 0) is 19.1 Å². The summed E-state index contributed by atoms with van der Waals surface area (Å²) in [6, 6.07) is 0. The smallest absolute Gasteiger partial charge is 0.334 e. The lowest BCUT2D eigenvalue weighted by Crippen LogP contribution is -2.18. The highest BCUT2D eigenvalue weighted by atomic mass is 16.5. The highest BCUT2D eigenvalue weighted by Crippen LogP contribution is 2.22. The van der Waals surface area contributed by atoms with Crippen LogP contribution in [0.3, 0.4) is 0 Å². The number of carbonyl (C=O) groups is 2. The summed E-state index contributed by atoms with van der Waals surface area (Å²) in [5.74, 6) is -0.661. The van der Waals surface area contributed by atoms with Gasteiger partial charge < -0.3 is 9.47 Å². The quantitative estimate of drug-likeness (QED) is 0.163. The lowest BCUT2D eigenvalue weighted by molar-refractivity contribution is -0.142. The zero-order chi connectivity index (χ0) is 20.3. The summed E-state index contributed by atoms with van der Waals surface area (Å²) in [7, 11) is 0. The molecule has 0 fully saturated rings. The first-order chi connectivity index (χ1) is 13.1. The fourth-order valence-electron chi connectivity index (χ4n) is 2.88. The van der Waals surface area contributed by atoms with Crippen LogP contribution in [0, 0.1) is 0 Å². The maximum Gasteiger partial charge on any atom is 0.334 e. The second-order valence-electron chi connectivity index (χ2n) is 7.20. The third-order valence-electron chi connectivity index (χ3n) is 4.60. The molecule has 0 aromatic carbocycles. The second-order valence-corrected chi connectivity index (χ2v) is 7.20. The standard InChI is InChI=1S/C23H42O4/c1-5-9-12-13-14-15-17-21(23(25)27-19-11-7-3)20(16-8-4)22(24)26-18-10-6-2/h5-19H2,1-4H3. The van der Waals surface area contributed by atoms with Crippen molar-refractivity contribution in [2.75, 3.05) is 13.2 Å². The van der Waals surface area contributed by atoms with Gasteiger partial charge in [-0.25, -0.2) is 9.59 Å². The molecule has 0 spiro atoms. The van der Waals surface area contributed by atoms with Gasteiger partial charge in [0.25, 0.3) is 0 Å². The van der Waals surface area contributed by atoms with Gasteiger partial charge in [-0.05, 0) is 32.1 Å². The Morgan fingerprint density at radius 1 is 0.519 bits per heavy atom. The van der Waals surface area contributed by atoms with E-state index in [1.807, 2.05) is 6.92 Å². The van der Waals surface area contributed by atoms with Crippen molar-refractivity contribution in [2.45, 2.75) is 111 Å². The minimum absolute atomic E-state index is 0.326. The molecule has 27 heavy (non-hydrogen) atoms. The third kappa shape index (κ3) is 12.6. The molecule has 0 N–H and O–H groups in total. The average molecular weight is 383 g/mol. The molecular weight excluding hydrogens is 340 g/mol. The van der Waals surface area contributed by atoms with Crippen LogP contribution < -0.4 is 0 Å². The van der Waals surface area contributed by atoms with E-state index >= 15 is 0 Å². The molecule has 158 valence electrons. The number of carbonyl (C=O) groups excluding carboxylic acids is 2. The largest absolute Gasteiger partial charge is 0.462 e. The minimum atomic E-state index is -0.335. The first-order valence-electron chi connectivity index (χ1n) is 11.2. The maximum atomic E-state index is 12.6. The van der Waals surface area contributed by atoms with Crippen LogP contribution in [-0.4, -0.2) is 25.2 Å². The van der Waals surface area contributed by atoms with Crippen LogP contribution in [0.2, 0.25) is 0 Å². The SMILES string of the molecule is CCCCCCCCC(C(=O)OCCCC)=C(CCC)C(=O)OCCCC. The molecule has 0 aromatic heterocycles. The molecule has 4 nitrogen and oxygen atoms in total. The first-order valence-corrected chi connectivity index (χ1v) is 11.2. The van der Waals surface area contributed by atoms with Crippen molar-refractivity contribution < 1.29 is 19.1 Å². The molecule has 0 heterocycles. The molecule has 0 rings (SSSR count). The number of rotatable bonds is 17.